The third kappa shape index (κ3) is 6.27. The number of amides is 1. The van der Waals surface area contributed by atoms with Gasteiger partial charge in [0.25, 0.3) is 0 Å². The third-order valence-corrected chi connectivity index (χ3v) is 2.69. The molecule has 0 unspecified atom stereocenters. The van der Waals surface area contributed by atoms with Crippen molar-refractivity contribution in [2.45, 2.75) is 20.4 Å². The highest BCUT2D eigenvalue weighted by Crippen LogP contribution is 2.14. The summed E-state index contributed by atoms with van der Waals surface area (Å²) in [5, 5.41) is 8.44. The number of hydrogen-bond donors (Lipinski definition) is 0. The lowest BCUT2D eigenvalue weighted by molar-refractivity contribution is -0.108. The van der Waals surface area contributed by atoms with E-state index in [0.29, 0.717) is 18.6 Å². The first-order valence-electron chi connectivity index (χ1n) is 7.00. The molecule has 0 radical (unpaired) electrons. The Kier molecular flexibility index (Phi) is 7.48. The van der Waals surface area contributed by atoms with E-state index in [2.05, 4.69) is 0 Å². The molecule has 0 fully saturated rings. The zero-order valence-corrected chi connectivity index (χ0v) is 12.8. The molecule has 0 aromatic heterocycles. The summed E-state index contributed by atoms with van der Waals surface area (Å²) >= 11 is 0. The molecule has 1 rings (SSSR count). The highest BCUT2D eigenvalue weighted by atomic mass is 16.6. The van der Waals surface area contributed by atoms with Crippen molar-refractivity contribution in [2.75, 3.05) is 19.8 Å². The smallest absolute Gasteiger partial charge is 0.410 e. The quantitative estimate of drug-likeness (QED) is 0.689. The maximum atomic E-state index is 11.9. The summed E-state index contributed by atoms with van der Waals surface area (Å²) in [6.45, 7) is 4.43. The highest BCUT2D eigenvalue weighted by molar-refractivity contribution is 5.71. The Morgan fingerprint density at radius 1 is 1.36 bits per heavy atom. The van der Waals surface area contributed by atoms with Crippen LogP contribution in [-0.4, -0.2) is 37.0 Å². The number of rotatable bonds is 8. The van der Waals surface area contributed by atoms with E-state index in [-0.39, 0.29) is 25.6 Å². The van der Waals surface area contributed by atoms with Crippen LogP contribution < -0.4 is 4.74 Å². The van der Waals surface area contributed by atoms with Crippen LogP contribution in [0.3, 0.4) is 0 Å². The van der Waals surface area contributed by atoms with Crippen molar-refractivity contribution < 1.29 is 19.1 Å². The minimum atomic E-state index is -0.509. The Labute approximate surface area is 130 Å². The van der Waals surface area contributed by atoms with Crippen molar-refractivity contribution in [3.63, 3.8) is 0 Å². The van der Waals surface area contributed by atoms with Crippen molar-refractivity contribution in [3.8, 4) is 11.8 Å². The van der Waals surface area contributed by atoms with Gasteiger partial charge in [0.2, 0.25) is 0 Å². The lowest BCUT2D eigenvalue weighted by atomic mass is 10.2. The fraction of sp³-hybridized carbons (Fsp3) is 0.438. The molecule has 0 aliphatic rings. The van der Waals surface area contributed by atoms with Crippen LogP contribution in [0.25, 0.3) is 0 Å². The molecule has 0 heterocycles. The van der Waals surface area contributed by atoms with Gasteiger partial charge in [-0.3, -0.25) is 4.90 Å². The Balaban J connectivity index is 2.64. The zero-order valence-electron chi connectivity index (χ0n) is 12.8. The molecular weight excluding hydrogens is 284 g/mol. The van der Waals surface area contributed by atoms with Crippen LogP contribution in [-0.2, 0) is 16.1 Å². The van der Waals surface area contributed by atoms with Crippen LogP contribution in [0.15, 0.2) is 24.3 Å². The van der Waals surface area contributed by atoms with Gasteiger partial charge in [0.15, 0.2) is 6.61 Å². The highest BCUT2D eigenvalue weighted by Gasteiger charge is 2.15. The van der Waals surface area contributed by atoms with Crippen molar-refractivity contribution in [3.05, 3.63) is 29.8 Å². The molecule has 0 aliphatic heterocycles. The number of carbonyl (C=O) groups is 2. The molecule has 0 saturated heterocycles. The van der Waals surface area contributed by atoms with Gasteiger partial charge in [0.1, 0.15) is 18.1 Å². The summed E-state index contributed by atoms with van der Waals surface area (Å²) in [6.07, 6.45) is 0.159. The fourth-order valence-corrected chi connectivity index (χ4v) is 1.65. The Hall–Kier alpha value is -2.55. The van der Waals surface area contributed by atoms with E-state index in [1.807, 2.05) is 19.9 Å². The Morgan fingerprint density at radius 2 is 2.05 bits per heavy atom. The fourth-order valence-electron chi connectivity index (χ4n) is 1.65. The van der Waals surface area contributed by atoms with Gasteiger partial charge in [-0.05, 0) is 23.6 Å². The van der Waals surface area contributed by atoms with Crippen molar-refractivity contribution >= 4 is 12.4 Å². The summed E-state index contributed by atoms with van der Waals surface area (Å²) in [5.41, 5.74) is 0.840. The van der Waals surface area contributed by atoms with Crippen LogP contribution in [0.5, 0.6) is 5.75 Å². The maximum absolute atomic E-state index is 11.9. The third-order valence-electron chi connectivity index (χ3n) is 2.69. The molecule has 0 N–H and O–H groups in total. The first-order valence-corrected chi connectivity index (χ1v) is 7.00. The number of nitrogens with zero attached hydrogens (tertiary/aromatic N) is 2. The molecule has 1 aromatic rings. The van der Waals surface area contributed by atoms with E-state index in [1.165, 1.54) is 4.90 Å². The molecule has 0 saturated carbocycles. The normalized spacial score (nSPS) is 9.91. The van der Waals surface area contributed by atoms with Crippen LogP contribution in [0, 0.1) is 17.2 Å². The summed E-state index contributed by atoms with van der Waals surface area (Å²) in [4.78, 5) is 24.0. The van der Waals surface area contributed by atoms with Gasteiger partial charge in [-0.1, -0.05) is 26.0 Å². The van der Waals surface area contributed by atoms with Crippen LogP contribution in [0.4, 0.5) is 4.79 Å². The molecule has 22 heavy (non-hydrogen) atoms. The first-order chi connectivity index (χ1) is 10.6. The summed E-state index contributed by atoms with van der Waals surface area (Å²) in [5.74, 6) is 0.813. The molecule has 118 valence electrons. The average molecular weight is 304 g/mol. The van der Waals surface area contributed by atoms with Crippen LogP contribution >= 0.6 is 0 Å². The lowest BCUT2D eigenvalue weighted by Crippen LogP contribution is -2.33. The van der Waals surface area contributed by atoms with Gasteiger partial charge < -0.3 is 14.3 Å². The molecule has 6 nitrogen and oxygen atoms in total. The molecule has 1 amide bonds. The second-order valence-electron chi connectivity index (χ2n) is 5.11. The zero-order chi connectivity index (χ0) is 16.4. The topological polar surface area (TPSA) is 79.6 Å². The van der Waals surface area contributed by atoms with Crippen LogP contribution in [0.1, 0.15) is 19.4 Å². The molecule has 0 bridgehead atoms. The summed E-state index contributed by atoms with van der Waals surface area (Å²) in [6, 6.07) is 8.87. The minimum Gasteiger partial charge on any atom is -0.479 e. The van der Waals surface area contributed by atoms with Gasteiger partial charge >= 0.3 is 6.09 Å². The van der Waals surface area contributed by atoms with Gasteiger partial charge in [0, 0.05) is 6.54 Å². The Bertz CT molecular complexity index is 520. The largest absolute Gasteiger partial charge is 0.479 e. The number of carbonyl (C=O) groups excluding carboxylic acids is 2. The first kappa shape index (κ1) is 17.5. The molecule has 0 aliphatic carbocycles. The van der Waals surface area contributed by atoms with Crippen LogP contribution in [0.2, 0.25) is 0 Å². The molecule has 0 spiro atoms. The minimum absolute atomic E-state index is 0.0157. The van der Waals surface area contributed by atoms with Crippen molar-refractivity contribution in [2.24, 2.45) is 5.92 Å². The van der Waals surface area contributed by atoms with Crippen molar-refractivity contribution in [1.82, 2.24) is 4.90 Å². The van der Waals surface area contributed by atoms with Crippen molar-refractivity contribution in [1.29, 1.82) is 5.26 Å². The second-order valence-corrected chi connectivity index (χ2v) is 5.11. The molecular formula is C16H20N2O4. The molecule has 0 atom stereocenters. The SMILES string of the molecule is CC(C)COC(=O)N(CC=O)Cc1ccc(OCC#N)cc1. The monoisotopic (exact) mass is 304 g/mol. The maximum Gasteiger partial charge on any atom is 0.410 e. The van der Waals surface area contributed by atoms with Gasteiger partial charge in [-0.25, -0.2) is 4.79 Å². The standard InChI is InChI=1S/C16H20N2O4/c1-13(2)12-22-16(20)18(8-9-19)11-14-3-5-15(6-4-14)21-10-7-17/h3-6,9,13H,8,10-12H2,1-2H3. The molecule has 1 aromatic carbocycles. The number of hydrogen-bond acceptors (Lipinski definition) is 5. The van der Waals surface area contributed by atoms with E-state index in [1.54, 1.807) is 24.3 Å². The number of benzene rings is 1. The number of ether oxygens (including phenoxy) is 2. The van der Waals surface area contributed by atoms with E-state index in [9.17, 15) is 9.59 Å². The number of aldehydes is 1. The lowest BCUT2D eigenvalue weighted by Gasteiger charge is -2.20. The van der Waals surface area contributed by atoms with E-state index < -0.39 is 6.09 Å². The van der Waals surface area contributed by atoms with Gasteiger partial charge in [-0.15, -0.1) is 0 Å². The van der Waals surface area contributed by atoms with E-state index in [4.69, 9.17) is 14.7 Å². The summed E-state index contributed by atoms with van der Waals surface area (Å²) in [7, 11) is 0. The predicted octanol–water partition coefficient (Wildman–Crippen LogP) is 2.38. The molecule has 6 heteroatoms. The van der Waals surface area contributed by atoms with E-state index >= 15 is 0 Å². The van der Waals surface area contributed by atoms with Gasteiger partial charge in [-0.2, -0.15) is 5.26 Å². The van der Waals surface area contributed by atoms with Gasteiger partial charge in [0.05, 0.1) is 13.2 Å². The number of nitriles is 1. The second kappa shape index (κ2) is 9.40. The average Bonchev–Trinajstić information content (AvgIpc) is 2.51. The van der Waals surface area contributed by atoms with E-state index in [0.717, 1.165) is 5.56 Å². The predicted molar refractivity (Wildman–Crippen MR) is 80.2 cm³/mol. The summed E-state index contributed by atoms with van der Waals surface area (Å²) < 4.78 is 10.3. The Morgan fingerprint density at radius 3 is 2.59 bits per heavy atom.